The minimum atomic E-state index is -0.399. The summed E-state index contributed by atoms with van der Waals surface area (Å²) < 4.78 is 4.96. The summed E-state index contributed by atoms with van der Waals surface area (Å²) in [6, 6.07) is 20.1. The Morgan fingerprint density at radius 1 is 1.03 bits per heavy atom. The third kappa shape index (κ3) is 3.88. The van der Waals surface area contributed by atoms with Crippen molar-refractivity contribution in [3.05, 3.63) is 77.2 Å². The molecule has 2 heterocycles. The van der Waals surface area contributed by atoms with Gasteiger partial charge in [0, 0.05) is 16.6 Å². The zero-order valence-electron chi connectivity index (χ0n) is 16.2. The second-order valence-electron chi connectivity index (χ2n) is 6.51. The van der Waals surface area contributed by atoms with Gasteiger partial charge in [0.1, 0.15) is 9.71 Å². The number of anilines is 2. The first kappa shape index (κ1) is 19.6. The van der Waals surface area contributed by atoms with Crippen molar-refractivity contribution in [2.45, 2.75) is 6.92 Å². The number of rotatable bonds is 5. The molecule has 0 bridgehead atoms. The molecule has 2 aromatic carbocycles. The Morgan fingerprint density at radius 2 is 1.77 bits per heavy atom. The van der Waals surface area contributed by atoms with Crippen molar-refractivity contribution in [1.82, 2.24) is 4.98 Å². The van der Waals surface area contributed by atoms with Crippen LogP contribution in [0.3, 0.4) is 0 Å². The van der Waals surface area contributed by atoms with Crippen molar-refractivity contribution in [3.63, 3.8) is 0 Å². The number of aromatic nitrogens is 1. The van der Waals surface area contributed by atoms with Crippen molar-refractivity contribution in [3.8, 4) is 11.3 Å². The van der Waals surface area contributed by atoms with E-state index in [2.05, 4.69) is 10.3 Å². The smallest absolute Gasteiger partial charge is 0.338 e. The zero-order valence-corrected chi connectivity index (χ0v) is 17.0. The maximum atomic E-state index is 12.8. The maximum absolute atomic E-state index is 12.8. The predicted octanol–water partition coefficient (Wildman–Crippen LogP) is 4.97. The Balaban J connectivity index is 1.57. The average molecular weight is 417 g/mol. The fraction of sp³-hybridized carbons (Fsp3) is 0.0870. The number of nitrogens with two attached hydrogens (primary N) is 1. The number of carbonyl (C=O) groups is 2. The van der Waals surface area contributed by atoms with Gasteiger partial charge < -0.3 is 15.8 Å². The van der Waals surface area contributed by atoms with Gasteiger partial charge >= 0.3 is 5.97 Å². The van der Waals surface area contributed by atoms with Crippen LogP contribution in [0, 0.1) is 0 Å². The first-order valence-corrected chi connectivity index (χ1v) is 10.2. The van der Waals surface area contributed by atoms with Crippen LogP contribution in [0.5, 0.6) is 0 Å². The van der Waals surface area contributed by atoms with Crippen molar-refractivity contribution in [2.75, 3.05) is 17.7 Å². The summed E-state index contributed by atoms with van der Waals surface area (Å²) >= 11 is 1.25. The normalized spacial score (nSPS) is 10.7. The lowest BCUT2D eigenvalue weighted by molar-refractivity contribution is 0.0526. The Kier molecular flexibility index (Phi) is 5.45. The molecule has 2 aromatic heterocycles. The molecule has 0 saturated carbocycles. The largest absolute Gasteiger partial charge is 0.462 e. The number of nitrogens with one attached hydrogen (secondary N) is 1. The number of ether oxygens (including phenoxy) is 1. The van der Waals surface area contributed by atoms with Gasteiger partial charge in [-0.1, -0.05) is 30.3 Å². The van der Waals surface area contributed by atoms with Crippen LogP contribution >= 0.6 is 11.3 Å². The number of nitrogen functional groups attached to an aromatic ring is 1. The van der Waals surface area contributed by atoms with Gasteiger partial charge in [0.2, 0.25) is 0 Å². The summed E-state index contributed by atoms with van der Waals surface area (Å²) in [5.74, 6) is -0.718. The van der Waals surface area contributed by atoms with Crippen LogP contribution in [-0.2, 0) is 4.74 Å². The minimum absolute atomic E-state index is 0.308. The van der Waals surface area contributed by atoms with Crippen LogP contribution in [0.2, 0.25) is 0 Å². The molecule has 0 aliphatic rings. The van der Waals surface area contributed by atoms with E-state index in [1.54, 1.807) is 31.2 Å². The quantitative estimate of drug-likeness (QED) is 0.447. The third-order valence-electron chi connectivity index (χ3n) is 4.52. The lowest BCUT2D eigenvalue weighted by Gasteiger charge is -2.06. The van der Waals surface area contributed by atoms with E-state index in [4.69, 9.17) is 10.5 Å². The molecule has 7 heteroatoms. The standard InChI is InChI=1S/C23H19N3O3S/c1-2-29-23(28)15-8-10-16(11-9-15)25-21(27)20-19(24)17-12-13-18(26-22(17)30-20)14-6-4-3-5-7-14/h3-13H,2,24H2,1H3,(H,25,27). The molecule has 6 nitrogen and oxygen atoms in total. The van der Waals surface area contributed by atoms with Gasteiger partial charge in [0.15, 0.2) is 0 Å². The van der Waals surface area contributed by atoms with Crippen molar-refractivity contribution < 1.29 is 14.3 Å². The number of esters is 1. The van der Waals surface area contributed by atoms with E-state index in [9.17, 15) is 9.59 Å². The molecule has 30 heavy (non-hydrogen) atoms. The van der Waals surface area contributed by atoms with E-state index in [1.807, 2.05) is 42.5 Å². The Hall–Kier alpha value is -3.71. The van der Waals surface area contributed by atoms with Crippen molar-refractivity contribution in [1.29, 1.82) is 0 Å². The lowest BCUT2D eigenvalue weighted by Crippen LogP contribution is -2.12. The number of carbonyl (C=O) groups excluding carboxylic acids is 2. The molecule has 1 amide bonds. The summed E-state index contributed by atoms with van der Waals surface area (Å²) in [5, 5.41) is 3.57. The SMILES string of the molecule is CCOC(=O)c1ccc(NC(=O)c2sc3nc(-c4ccccc4)ccc3c2N)cc1. The second kappa shape index (κ2) is 8.34. The molecular weight excluding hydrogens is 398 g/mol. The van der Waals surface area contributed by atoms with E-state index in [1.165, 1.54) is 11.3 Å². The summed E-state index contributed by atoms with van der Waals surface area (Å²) in [6.07, 6.45) is 0. The fourth-order valence-corrected chi connectivity index (χ4v) is 4.02. The topological polar surface area (TPSA) is 94.3 Å². The van der Waals surface area contributed by atoms with Gasteiger partial charge in [-0.3, -0.25) is 4.79 Å². The number of hydrogen-bond donors (Lipinski definition) is 2. The molecule has 0 saturated heterocycles. The molecule has 4 rings (SSSR count). The van der Waals surface area contributed by atoms with Gasteiger partial charge in [-0.15, -0.1) is 11.3 Å². The second-order valence-corrected chi connectivity index (χ2v) is 7.51. The highest BCUT2D eigenvalue weighted by molar-refractivity contribution is 7.21. The number of fused-ring (bicyclic) bond motifs is 1. The summed E-state index contributed by atoms with van der Waals surface area (Å²) in [4.78, 5) is 30.3. The van der Waals surface area contributed by atoms with Gasteiger partial charge in [-0.05, 0) is 43.3 Å². The molecule has 150 valence electrons. The first-order valence-electron chi connectivity index (χ1n) is 9.40. The summed E-state index contributed by atoms with van der Waals surface area (Å²) in [7, 11) is 0. The van der Waals surface area contributed by atoms with Crippen LogP contribution < -0.4 is 11.1 Å². The molecule has 0 unspecified atom stereocenters. The number of hydrogen-bond acceptors (Lipinski definition) is 6. The van der Waals surface area contributed by atoms with E-state index in [-0.39, 0.29) is 5.91 Å². The molecule has 0 atom stereocenters. The molecule has 0 spiro atoms. The van der Waals surface area contributed by atoms with E-state index in [0.717, 1.165) is 16.6 Å². The number of amides is 1. The van der Waals surface area contributed by atoms with E-state index in [0.29, 0.717) is 33.3 Å². The van der Waals surface area contributed by atoms with Crippen molar-refractivity contribution >= 4 is 44.8 Å². The van der Waals surface area contributed by atoms with Crippen LogP contribution in [0.25, 0.3) is 21.5 Å². The summed E-state index contributed by atoms with van der Waals surface area (Å²) in [6.45, 7) is 2.06. The lowest BCUT2D eigenvalue weighted by atomic mass is 10.1. The Morgan fingerprint density at radius 3 is 2.47 bits per heavy atom. The predicted molar refractivity (Wildman–Crippen MR) is 120 cm³/mol. The molecule has 0 radical (unpaired) electrons. The summed E-state index contributed by atoms with van der Waals surface area (Å²) in [5.41, 5.74) is 9.44. The van der Waals surface area contributed by atoms with E-state index >= 15 is 0 Å². The van der Waals surface area contributed by atoms with Crippen LogP contribution in [-0.4, -0.2) is 23.5 Å². The Bertz CT molecular complexity index is 1220. The molecule has 0 fully saturated rings. The number of benzene rings is 2. The monoisotopic (exact) mass is 417 g/mol. The van der Waals surface area contributed by atoms with Gasteiger partial charge in [-0.2, -0.15) is 0 Å². The third-order valence-corrected chi connectivity index (χ3v) is 5.64. The van der Waals surface area contributed by atoms with Crippen LogP contribution in [0.1, 0.15) is 27.0 Å². The van der Waals surface area contributed by atoms with Gasteiger partial charge in [0.25, 0.3) is 5.91 Å². The molecule has 0 aliphatic heterocycles. The first-order chi connectivity index (χ1) is 14.6. The highest BCUT2D eigenvalue weighted by Crippen LogP contribution is 2.34. The number of thiophene rings is 1. The van der Waals surface area contributed by atoms with Crippen LogP contribution in [0.15, 0.2) is 66.7 Å². The Labute approximate surface area is 177 Å². The highest BCUT2D eigenvalue weighted by atomic mass is 32.1. The average Bonchev–Trinajstić information content (AvgIpc) is 3.11. The molecule has 0 aliphatic carbocycles. The van der Waals surface area contributed by atoms with Crippen LogP contribution in [0.4, 0.5) is 11.4 Å². The van der Waals surface area contributed by atoms with Crippen molar-refractivity contribution in [2.24, 2.45) is 0 Å². The fourth-order valence-electron chi connectivity index (χ4n) is 3.03. The van der Waals surface area contributed by atoms with Gasteiger partial charge in [-0.25, -0.2) is 9.78 Å². The maximum Gasteiger partial charge on any atom is 0.338 e. The van der Waals surface area contributed by atoms with Gasteiger partial charge in [0.05, 0.1) is 23.6 Å². The number of nitrogens with zero attached hydrogens (tertiary/aromatic N) is 1. The minimum Gasteiger partial charge on any atom is -0.462 e. The molecular formula is C23H19N3O3S. The molecule has 3 N–H and O–H groups in total. The molecule has 4 aromatic rings. The number of pyridine rings is 1. The van der Waals surface area contributed by atoms with E-state index < -0.39 is 5.97 Å². The highest BCUT2D eigenvalue weighted by Gasteiger charge is 2.18. The zero-order chi connectivity index (χ0) is 21.1.